The molecule has 0 saturated carbocycles. The highest BCUT2D eigenvalue weighted by Gasteiger charge is 2.86. The molecule has 0 bridgehead atoms. The molecule has 0 aromatic carbocycles. The van der Waals surface area contributed by atoms with Gasteiger partial charge in [-0.05, 0) is 19.3 Å². The van der Waals surface area contributed by atoms with Crippen LogP contribution in [0, 0.1) is 0 Å². The molecule has 1 saturated heterocycles. The zero-order chi connectivity index (χ0) is 27.5. The van der Waals surface area contributed by atoms with Crippen LogP contribution in [0.15, 0.2) is 0 Å². The molecule has 0 radical (unpaired) electrons. The fraction of sp³-hybridized carbons (Fsp3) is 1.00. The van der Waals surface area contributed by atoms with E-state index < -0.39 is 42.7 Å². The van der Waals surface area contributed by atoms with Gasteiger partial charge in [-0.3, -0.25) is 0 Å². The summed E-state index contributed by atoms with van der Waals surface area (Å²) in [6.45, 7) is 1.43. The van der Waals surface area contributed by atoms with Crippen molar-refractivity contribution in [2.24, 2.45) is 0 Å². The molecule has 0 aromatic rings. The van der Waals surface area contributed by atoms with Crippen LogP contribution in [-0.4, -0.2) is 49.4 Å². The zero-order valence-electron chi connectivity index (χ0n) is 20.1. The smallest absolute Gasteiger partial charge is 0.353 e. The number of rotatable bonds is 19. The van der Waals surface area contributed by atoms with E-state index in [-0.39, 0.29) is 12.7 Å². The first-order valence-electron chi connectivity index (χ1n) is 12.4. The van der Waals surface area contributed by atoms with E-state index in [0.717, 1.165) is 70.8 Å². The largest absolute Gasteiger partial charge is 0.460 e. The maximum absolute atomic E-state index is 13.6. The van der Waals surface area contributed by atoms with Gasteiger partial charge in [0.15, 0.2) is 6.29 Å². The van der Waals surface area contributed by atoms with E-state index >= 15 is 0 Å². The summed E-state index contributed by atoms with van der Waals surface area (Å²) in [5, 5.41) is 0. The number of halogens is 11. The number of unbranched alkanes of at least 4 members (excludes halogenated alkanes) is 11. The summed E-state index contributed by atoms with van der Waals surface area (Å²) in [7, 11) is 0. The normalized spacial score (nSPS) is 18.2. The molecular weight excluding hydrogens is 517 g/mol. The fourth-order valence-corrected chi connectivity index (χ4v) is 3.87. The van der Waals surface area contributed by atoms with Gasteiger partial charge in [-0.1, -0.05) is 64.2 Å². The van der Waals surface area contributed by atoms with Gasteiger partial charge in [0.25, 0.3) is 0 Å². The maximum atomic E-state index is 13.6. The standard InChI is InChI=1S/C23H35F11O2/c24-19(25,20(26,27)21(28,29)22(30,31)23(32,33)34)15-11-9-7-5-3-1-2-4-6-8-10-12-16-35-18-14-13-17-36-18/h18H,1-17H2. The number of hydrogen-bond donors (Lipinski definition) is 0. The van der Waals surface area contributed by atoms with Crippen LogP contribution in [0.5, 0.6) is 0 Å². The molecule has 0 spiro atoms. The summed E-state index contributed by atoms with van der Waals surface area (Å²) >= 11 is 0. The first-order valence-corrected chi connectivity index (χ1v) is 12.4. The van der Waals surface area contributed by atoms with Gasteiger partial charge >= 0.3 is 29.9 Å². The van der Waals surface area contributed by atoms with Crippen molar-refractivity contribution in [3.63, 3.8) is 0 Å². The van der Waals surface area contributed by atoms with Crippen LogP contribution in [0.25, 0.3) is 0 Å². The van der Waals surface area contributed by atoms with Crippen molar-refractivity contribution < 1.29 is 57.8 Å². The highest BCUT2D eigenvalue weighted by atomic mass is 19.4. The van der Waals surface area contributed by atoms with Crippen molar-refractivity contribution in [1.82, 2.24) is 0 Å². The third kappa shape index (κ3) is 9.16. The monoisotopic (exact) mass is 552 g/mol. The van der Waals surface area contributed by atoms with Gasteiger partial charge in [-0.15, -0.1) is 0 Å². The Balaban J connectivity index is 2.11. The molecule has 0 aliphatic carbocycles. The van der Waals surface area contributed by atoms with Crippen LogP contribution in [0.2, 0.25) is 0 Å². The van der Waals surface area contributed by atoms with Gasteiger partial charge in [0.1, 0.15) is 0 Å². The molecule has 36 heavy (non-hydrogen) atoms. The Kier molecular flexibility index (Phi) is 13.2. The lowest BCUT2D eigenvalue weighted by Crippen LogP contribution is -2.66. The first-order chi connectivity index (χ1) is 16.6. The molecule has 1 atom stereocenters. The predicted molar refractivity (Wildman–Crippen MR) is 111 cm³/mol. The molecule has 1 aliphatic rings. The van der Waals surface area contributed by atoms with Crippen molar-refractivity contribution >= 4 is 0 Å². The van der Waals surface area contributed by atoms with Gasteiger partial charge in [-0.2, -0.15) is 48.3 Å². The second-order valence-electron chi connectivity index (χ2n) is 9.23. The molecule has 13 heteroatoms. The number of hydrogen-bond acceptors (Lipinski definition) is 2. The van der Waals surface area contributed by atoms with Crippen molar-refractivity contribution in [3.8, 4) is 0 Å². The van der Waals surface area contributed by atoms with Gasteiger partial charge in [-0.25, -0.2) is 0 Å². The Bertz CT molecular complexity index is 603. The quantitative estimate of drug-likeness (QED) is 0.117. The van der Waals surface area contributed by atoms with Crippen LogP contribution in [0.4, 0.5) is 48.3 Å². The average molecular weight is 553 g/mol. The van der Waals surface area contributed by atoms with Crippen LogP contribution < -0.4 is 0 Å². The molecule has 216 valence electrons. The molecule has 2 nitrogen and oxygen atoms in total. The summed E-state index contributed by atoms with van der Waals surface area (Å²) in [6.07, 6.45) is 0.706. The highest BCUT2D eigenvalue weighted by Crippen LogP contribution is 2.58. The summed E-state index contributed by atoms with van der Waals surface area (Å²) in [4.78, 5) is 0. The van der Waals surface area contributed by atoms with E-state index in [4.69, 9.17) is 9.47 Å². The van der Waals surface area contributed by atoms with Crippen molar-refractivity contribution in [3.05, 3.63) is 0 Å². The van der Waals surface area contributed by atoms with E-state index in [1.807, 2.05) is 0 Å². The SMILES string of the molecule is FC(F)(F)C(F)(F)C(F)(F)C(F)(F)C(F)(F)CCCCCCCCCCCCCCOC1CCCO1. The molecule has 0 amide bonds. The minimum atomic E-state index is -7.31. The van der Waals surface area contributed by atoms with Gasteiger partial charge in [0.2, 0.25) is 0 Å². The fourth-order valence-electron chi connectivity index (χ4n) is 3.87. The van der Waals surface area contributed by atoms with E-state index in [9.17, 15) is 48.3 Å². The Morgan fingerprint density at radius 3 is 1.42 bits per heavy atom. The Morgan fingerprint density at radius 1 is 0.556 bits per heavy atom. The van der Waals surface area contributed by atoms with Gasteiger partial charge in [0.05, 0.1) is 0 Å². The third-order valence-electron chi connectivity index (χ3n) is 6.18. The highest BCUT2D eigenvalue weighted by molar-refractivity contribution is 5.06. The van der Waals surface area contributed by atoms with Crippen LogP contribution in [0.3, 0.4) is 0 Å². The minimum absolute atomic E-state index is 0.0662. The molecular formula is C23H35F11O2. The molecule has 0 N–H and O–H groups in total. The molecule has 0 aromatic heterocycles. The lowest BCUT2D eigenvalue weighted by molar-refractivity contribution is -0.422. The molecule has 1 fully saturated rings. The number of ether oxygens (including phenoxy) is 2. The maximum Gasteiger partial charge on any atom is 0.460 e. The Morgan fingerprint density at radius 2 is 1.00 bits per heavy atom. The Labute approximate surface area is 204 Å². The molecule has 1 heterocycles. The third-order valence-corrected chi connectivity index (χ3v) is 6.18. The lowest BCUT2D eigenvalue weighted by atomic mass is 9.94. The zero-order valence-corrected chi connectivity index (χ0v) is 20.1. The van der Waals surface area contributed by atoms with Crippen LogP contribution in [-0.2, 0) is 9.47 Å². The molecule has 1 unspecified atom stereocenters. The number of alkyl halides is 11. The van der Waals surface area contributed by atoms with Gasteiger partial charge in [0, 0.05) is 26.1 Å². The van der Waals surface area contributed by atoms with E-state index in [1.54, 1.807) is 0 Å². The van der Waals surface area contributed by atoms with Crippen LogP contribution >= 0.6 is 0 Å². The second kappa shape index (κ2) is 14.3. The Hall–Kier alpha value is -0.850. The lowest BCUT2D eigenvalue weighted by Gasteiger charge is -2.37. The van der Waals surface area contributed by atoms with Crippen molar-refractivity contribution in [2.75, 3.05) is 13.2 Å². The first kappa shape index (κ1) is 33.2. The predicted octanol–water partition coefficient (Wildman–Crippen LogP) is 9.31. The average Bonchev–Trinajstić information content (AvgIpc) is 3.28. The summed E-state index contributed by atoms with van der Waals surface area (Å²) in [6, 6.07) is 0. The molecule has 1 rings (SSSR count). The molecule has 1 aliphatic heterocycles. The van der Waals surface area contributed by atoms with E-state index in [1.165, 1.54) is 0 Å². The summed E-state index contributed by atoms with van der Waals surface area (Å²) < 4.78 is 153. The second-order valence-corrected chi connectivity index (χ2v) is 9.23. The van der Waals surface area contributed by atoms with Crippen LogP contribution in [0.1, 0.15) is 96.3 Å². The van der Waals surface area contributed by atoms with E-state index in [0.29, 0.717) is 19.4 Å². The summed E-state index contributed by atoms with van der Waals surface area (Å²) in [5.41, 5.74) is 0. The van der Waals surface area contributed by atoms with Crippen molar-refractivity contribution in [1.29, 1.82) is 0 Å². The van der Waals surface area contributed by atoms with Crippen molar-refractivity contribution in [2.45, 2.75) is 132 Å². The van der Waals surface area contributed by atoms with E-state index in [2.05, 4.69) is 0 Å². The topological polar surface area (TPSA) is 18.5 Å². The van der Waals surface area contributed by atoms with Gasteiger partial charge < -0.3 is 9.47 Å². The summed E-state index contributed by atoms with van der Waals surface area (Å²) in [5.74, 6) is -27.2. The minimum Gasteiger partial charge on any atom is -0.353 e.